The first-order valence-electron chi connectivity index (χ1n) is 13.9. The zero-order valence-electron chi connectivity index (χ0n) is 24.6. The Labute approximate surface area is 245 Å². The molecule has 2 unspecified atom stereocenters. The molecule has 0 aliphatic carbocycles. The third-order valence-electron chi connectivity index (χ3n) is 6.90. The zero-order chi connectivity index (χ0) is 31.8. The predicted molar refractivity (Wildman–Crippen MR) is 155 cm³/mol. The molecule has 0 aromatic heterocycles. The summed E-state index contributed by atoms with van der Waals surface area (Å²) in [6.45, 7) is 7.19. The Morgan fingerprint density at radius 3 is 1.64 bits per heavy atom. The van der Waals surface area contributed by atoms with E-state index >= 15 is 0 Å². The van der Waals surface area contributed by atoms with E-state index in [-0.39, 0.29) is 52.3 Å². The summed E-state index contributed by atoms with van der Waals surface area (Å²) < 4.78 is 5.19. The smallest absolute Gasteiger partial charge is 0.339 e. The number of benzene rings is 2. The van der Waals surface area contributed by atoms with Crippen molar-refractivity contribution in [2.75, 3.05) is 6.61 Å². The highest BCUT2D eigenvalue weighted by atomic mass is 16.5. The molecule has 0 saturated heterocycles. The maximum absolute atomic E-state index is 12.0. The molecule has 0 saturated carbocycles. The molecule has 0 aliphatic rings. The molecule has 0 aliphatic heterocycles. The van der Waals surface area contributed by atoms with Gasteiger partial charge in [0.25, 0.3) is 0 Å². The monoisotopic (exact) mass is 584 g/mol. The van der Waals surface area contributed by atoms with Gasteiger partial charge in [0.2, 0.25) is 0 Å². The molecule has 42 heavy (non-hydrogen) atoms. The topological polar surface area (TPSA) is 172 Å². The Bertz CT molecular complexity index is 1260. The van der Waals surface area contributed by atoms with E-state index in [2.05, 4.69) is 0 Å². The van der Waals surface area contributed by atoms with Crippen molar-refractivity contribution < 1.29 is 48.8 Å². The molecule has 0 bridgehead atoms. The minimum Gasteiger partial charge on any atom is -0.478 e. The van der Waals surface area contributed by atoms with Gasteiger partial charge in [0.15, 0.2) is 0 Å². The highest BCUT2D eigenvalue weighted by Crippen LogP contribution is 2.23. The molecule has 3 N–H and O–H groups in total. The van der Waals surface area contributed by atoms with Crippen LogP contribution in [0, 0.1) is 11.8 Å². The van der Waals surface area contributed by atoms with Crippen LogP contribution in [0.5, 0.6) is 0 Å². The van der Waals surface area contributed by atoms with Crippen LogP contribution >= 0.6 is 0 Å². The summed E-state index contributed by atoms with van der Waals surface area (Å²) in [6, 6.07) is 10.5. The van der Waals surface area contributed by atoms with E-state index in [9.17, 15) is 33.9 Å². The van der Waals surface area contributed by atoms with E-state index in [4.69, 9.17) is 14.9 Å². The lowest BCUT2D eigenvalue weighted by Crippen LogP contribution is -2.17. The minimum atomic E-state index is -1.24. The summed E-state index contributed by atoms with van der Waals surface area (Å²) >= 11 is 0. The van der Waals surface area contributed by atoms with Gasteiger partial charge in [-0.1, -0.05) is 51.0 Å². The van der Waals surface area contributed by atoms with Gasteiger partial charge in [0.1, 0.15) is 11.6 Å². The van der Waals surface area contributed by atoms with Crippen molar-refractivity contribution in [3.63, 3.8) is 0 Å². The average molecular weight is 585 g/mol. The van der Waals surface area contributed by atoms with Gasteiger partial charge in [-0.3, -0.25) is 0 Å². The second-order valence-electron chi connectivity index (χ2n) is 10.1. The van der Waals surface area contributed by atoms with E-state index in [1.807, 2.05) is 13.8 Å². The Balaban J connectivity index is 0.000000420. The quantitative estimate of drug-likeness (QED) is 0.200. The third-order valence-corrected chi connectivity index (χ3v) is 6.90. The predicted octanol–water partition coefficient (Wildman–Crippen LogP) is 5.96. The number of hydrogen-bond acceptors (Lipinski definition) is 7. The largest absolute Gasteiger partial charge is 0.478 e. The highest BCUT2D eigenvalue weighted by Gasteiger charge is 2.22. The number of carbonyl (C=O) groups is 6. The van der Waals surface area contributed by atoms with Crippen LogP contribution in [0.4, 0.5) is 0 Å². The number of Topliss-reactive ketones (excluding diaryl/α,β-unsaturated/α-hetero) is 2. The SMILES string of the molecule is CCC(CCC(C)=O)COC(=O)c1ccccc1C(=O)O.CCC(CCC(C)=O)Cc1cccc(C(=O)O)c1C(=O)O. The minimum absolute atomic E-state index is 0.0476. The van der Waals surface area contributed by atoms with Crippen molar-refractivity contribution in [1.82, 2.24) is 0 Å². The lowest BCUT2D eigenvalue weighted by molar-refractivity contribution is -0.118. The Morgan fingerprint density at radius 1 is 0.667 bits per heavy atom. The molecule has 2 atom stereocenters. The number of rotatable bonds is 16. The summed E-state index contributed by atoms with van der Waals surface area (Å²) in [5, 5.41) is 27.4. The van der Waals surface area contributed by atoms with E-state index in [0.717, 1.165) is 12.8 Å². The summed E-state index contributed by atoms with van der Waals surface area (Å²) in [5.41, 5.74) is 0.149. The normalized spacial score (nSPS) is 11.8. The van der Waals surface area contributed by atoms with Crippen LogP contribution in [0.3, 0.4) is 0 Å². The van der Waals surface area contributed by atoms with Gasteiger partial charge >= 0.3 is 23.9 Å². The van der Waals surface area contributed by atoms with Gasteiger partial charge in [0, 0.05) is 12.8 Å². The van der Waals surface area contributed by atoms with Crippen molar-refractivity contribution in [2.24, 2.45) is 11.8 Å². The fraction of sp³-hybridized carbons (Fsp3) is 0.438. The van der Waals surface area contributed by atoms with Crippen molar-refractivity contribution in [2.45, 2.75) is 72.6 Å². The van der Waals surface area contributed by atoms with E-state index < -0.39 is 23.9 Å². The number of esters is 1. The van der Waals surface area contributed by atoms with Crippen LogP contribution in [0.1, 0.15) is 113 Å². The second-order valence-corrected chi connectivity index (χ2v) is 10.1. The molecule has 10 nitrogen and oxygen atoms in total. The number of aromatic carboxylic acids is 3. The molecule has 228 valence electrons. The number of ketones is 2. The summed E-state index contributed by atoms with van der Waals surface area (Å²) in [5.74, 6) is -3.80. The van der Waals surface area contributed by atoms with Crippen molar-refractivity contribution in [3.05, 3.63) is 70.3 Å². The molecule has 2 aromatic carbocycles. The van der Waals surface area contributed by atoms with Crippen molar-refractivity contribution in [1.29, 1.82) is 0 Å². The fourth-order valence-corrected chi connectivity index (χ4v) is 4.30. The van der Waals surface area contributed by atoms with E-state index in [1.54, 1.807) is 24.3 Å². The summed E-state index contributed by atoms with van der Waals surface area (Å²) in [6.07, 6.45) is 4.33. The van der Waals surface area contributed by atoms with Crippen LogP contribution in [-0.4, -0.2) is 57.4 Å². The van der Waals surface area contributed by atoms with Gasteiger partial charge in [-0.15, -0.1) is 0 Å². The number of hydrogen-bond donors (Lipinski definition) is 3. The van der Waals surface area contributed by atoms with Gasteiger partial charge in [0.05, 0.1) is 28.9 Å². The molecule has 0 spiro atoms. The Kier molecular flexibility index (Phi) is 15.4. The van der Waals surface area contributed by atoms with Crippen molar-refractivity contribution >= 4 is 35.4 Å². The molecule has 0 heterocycles. The second kappa shape index (κ2) is 18.2. The molecule has 2 rings (SSSR count). The van der Waals surface area contributed by atoms with Crippen LogP contribution in [0.25, 0.3) is 0 Å². The highest BCUT2D eigenvalue weighted by molar-refractivity contribution is 6.03. The van der Waals surface area contributed by atoms with Gasteiger partial charge < -0.3 is 29.6 Å². The zero-order valence-corrected chi connectivity index (χ0v) is 24.6. The van der Waals surface area contributed by atoms with E-state index in [1.165, 1.54) is 32.0 Å². The standard InChI is InChI=1S/2C16H20O5/c1-3-11(8-7-10(2)17)9-12-5-4-6-13(15(18)19)14(12)16(20)21;1-3-12(9-8-11(2)17)10-21-16(20)14-7-5-4-6-13(14)15(18)19/h4-6,11H,3,7-9H2,1-2H3,(H,18,19)(H,20,21);4-7,12H,3,8-10H2,1-2H3,(H,18,19). The summed E-state index contributed by atoms with van der Waals surface area (Å²) in [7, 11) is 0. The molecule has 0 radical (unpaired) electrons. The van der Waals surface area contributed by atoms with E-state index in [0.29, 0.717) is 37.7 Å². The van der Waals surface area contributed by atoms with Crippen LogP contribution in [0.15, 0.2) is 42.5 Å². The number of carboxylic acids is 3. The average Bonchev–Trinajstić information content (AvgIpc) is 2.94. The molecule has 2 aromatic rings. The van der Waals surface area contributed by atoms with Gasteiger partial charge in [-0.25, -0.2) is 19.2 Å². The summed E-state index contributed by atoms with van der Waals surface area (Å²) in [4.78, 5) is 67.6. The number of carboxylic acid groups (broad SMARTS) is 3. The van der Waals surface area contributed by atoms with Gasteiger partial charge in [-0.05, 0) is 68.7 Å². The molecular formula is C32H40O10. The lowest BCUT2D eigenvalue weighted by Gasteiger charge is -2.16. The third kappa shape index (κ3) is 12.0. The number of ether oxygens (including phenoxy) is 1. The first-order chi connectivity index (χ1) is 19.8. The Hall–Kier alpha value is -4.34. The maximum atomic E-state index is 12.0. The fourth-order valence-electron chi connectivity index (χ4n) is 4.30. The first kappa shape index (κ1) is 35.7. The molecule has 10 heteroatoms. The molecule has 0 fully saturated rings. The Morgan fingerprint density at radius 2 is 1.17 bits per heavy atom. The molecule has 0 amide bonds. The number of carbonyl (C=O) groups excluding carboxylic acids is 3. The lowest BCUT2D eigenvalue weighted by atomic mass is 9.88. The van der Waals surface area contributed by atoms with Crippen molar-refractivity contribution in [3.8, 4) is 0 Å². The van der Waals surface area contributed by atoms with Crippen LogP contribution in [0.2, 0.25) is 0 Å². The molecular weight excluding hydrogens is 544 g/mol. The first-order valence-corrected chi connectivity index (χ1v) is 13.9. The van der Waals surface area contributed by atoms with Gasteiger partial charge in [-0.2, -0.15) is 0 Å². The maximum Gasteiger partial charge on any atom is 0.339 e. The van der Waals surface area contributed by atoms with Crippen LogP contribution in [-0.2, 0) is 20.7 Å². The van der Waals surface area contributed by atoms with Crippen LogP contribution < -0.4 is 0 Å².